The van der Waals surface area contributed by atoms with Crippen LogP contribution in [-0.2, 0) is 0 Å². The summed E-state index contributed by atoms with van der Waals surface area (Å²) < 4.78 is 8.88. The molecule has 162 valence electrons. The first kappa shape index (κ1) is 19.0. The van der Waals surface area contributed by atoms with Gasteiger partial charge in [0.1, 0.15) is 17.5 Å². The van der Waals surface area contributed by atoms with Gasteiger partial charge in [-0.05, 0) is 42.0 Å². The molecule has 1 unspecified atom stereocenters. The van der Waals surface area contributed by atoms with Gasteiger partial charge in [-0.1, -0.05) is 84.9 Å². The summed E-state index contributed by atoms with van der Waals surface area (Å²) in [6.45, 7) is 0. The Morgan fingerprint density at radius 3 is 2.26 bits per heavy atom. The Hall–Kier alpha value is -4.50. The molecule has 0 saturated heterocycles. The number of allylic oxidation sites excluding steroid dienone is 2. The number of nitrogens with one attached hydrogen (secondary N) is 1. The van der Waals surface area contributed by atoms with Crippen molar-refractivity contribution >= 4 is 38.5 Å². The Labute approximate surface area is 197 Å². The summed E-state index contributed by atoms with van der Waals surface area (Å²) in [7, 11) is 0. The van der Waals surface area contributed by atoms with Gasteiger partial charge < -0.3 is 14.3 Å². The van der Waals surface area contributed by atoms with Crippen LogP contribution < -0.4 is 5.32 Å². The quantitative estimate of drug-likeness (QED) is 0.304. The van der Waals surface area contributed by atoms with Crippen LogP contribution in [0.4, 0.5) is 0 Å². The molecular weight excluding hydrogens is 416 g/mol. The topological polar surface area (TPSA) is 30.1 Å². The normalized spacial score (nSPS) is 15.6. The van der Waals surface area contributed by atoms with E-state index in [4.69, 9.17) is 4.42 Å². The Morgan fingerprint density at radius 1 is 0.706 bits per heavy atom. The van der Waals surface area contributed by atoms with Crippen LogP contribution in [0.15, 0.2) is 126 Å². The van der Waals surface area contributed by atoms with Crippen molar-refractivity contribution in [3.8, 4) is 11.3 Å². The molecule has 34 heavy (non-hydrogen) atoms. The third kappa shape index (κ3) is 2.91. The molecule has 1 aliphatic rings. The van der Waals surface area contributed by atoms with Gasteiger partial charge in [-0.15, -0.1) is 0 Å². The summed E-state index contributed by atoms with van der Waals surface area (Å²) in [4.78, 5) is 0. The molecule has 4 aromatic carbocycles. The van der Waals surface area contributed by atoms with Crippen molar-refractivity contribution < 1.29 is 4.42 Å². The van der Waals surface area contributed by atoms with Crippen molar-refractivity contribution in [1.29, 1.82) is 0 Å². The number of rotatable bonds is 3. The molecule has 1 atom stereocenters. The molecule has 2 aromatic heterocycles. The summed E-state index contributed by atoms with van der Waals surface area (Å²) in [6, 6.07) is 35.9. The predicted molar refractivity (Wildman–Crippen MR) is 140 cm³/mol. The number of para-hydroxylation sites is 1. The van der Waals surface area contributed by atoms with Crippen molar-refractivity contribution in [3.05, 3.63) is 127 Å². The number of hydrogen-bond acceptors (Lipinski definition) is 2. The smallest absolute Gasteiger partial charge is 0.144 e. The van der Waals surface area contributed by atoms with E-state index in [0.717, 1.165) is 38.9 Å². The molecular formula is C31H22N2O. The van der Waals surface area contributed by atoms with E-state index in [-0.39, 0.29) is 6.17 Å². The average molecular weight is 439 g/mol. The fraction of sp³-hybridized carbons (Fsp3) is 0.0323. The van der Waals surface area contributed by atoms with Crippen molar-refractivity contribution in [3.63, 3.8) is 0 Å². The minimum Gasteiger partial charge on any atom is -0.455 e. The van der Waals surface area contributed by atoms with E-state index in [1.807, 2.05) is 24.3 Å². The lowest BCUT2D eigenvalue weighted by atomic mass is 10.1. The second-order valence-corrected chi connectivity index (χ2v) is 8.66. The van der Waals surface area contributed by atoms with Crippen molar-refractivity contribution in [1.82, 2.24) is 9.88 Å². The summed E-state index contributed by atoms with van der Waals surface area (Å²) in [5.41, 5.74) is 6.65. The zero-order valence-electron chi connectivity index (χ0n) is 18.5. The van der Waals surface area contributed by atoms with Crippen LogP contribution in [0.3, 0.4) is 0 Å². The average Bonchev–Trinajstić information content (AvgIpc) is 3.49. The SMILES string of the molecule is C1=CC(n2c3ccccc3c3c4oc(-c5ccccc5)cc4ccc32)NC(c2ccccc2)=C1. The molecule has 1 aliphatic heterocycles. The lowest BCUT2D eigenvalue weighted by Gasteiger charge is -2.25. The molecule has 1 N–H and O–H groups in total. The summed E-state index contributed by atoms with van der Waals surface area (Å²) >= 11 is 0. The molecule has 3 heteroatoms. The van der Waals surface area contributed by atoms with Crippen LogP contribution in [-0.4, -0.2) is 4.57 Å². The van der Waals surface area contributed by atoms with Gasteiger partial charge in [0.25, 0.3) is 0 Å². The Morgan fingerprint density at radius 2 is 1.44 bits per heavy atom. The van der Waals surface area contributed by atoms with Crippen molar-refractivity contribution in [2.24, 2.45) is 0 Å². The number of hydrogen-bond donors (Lipinski definition) is 1. The largest absolute Gasteiger partial charge is 0.455 e. The van der Waals surface area contributed by atoms with Crippen LogP contribution >= 0.6 is 0 Å². The number of aromatic nitrogens is 1. The van der Waals surface area contributed by atoms with Gasteiger partial charge in [-0.3, -0.25) is 0 Å². The van der Waals surface area contributed by atoms with Crippen molar-refractivity contribution in [2.75, 3.05) is 0 Å². The lowest BCUT2D eigenvalue weighted by Crippen LogP contribution is -2.25. The highest BCUT2D eigenvalue weighted by atomic mass is 16.3. The van der Waals surface area contributed by atoms with Crippen LogP contribution in [0.2, 0.25) is 0 Å². The van der Waals surface area contributed by atoms with Gasteiger partial charge in [0.2, 0.25) is 0 Å². The first-order valence-corrected chi connectivity index (χ1v) is 11.6. The lowest BCUT2D eigenvalue weighted by molar-refractivity contribution is 0.589. The second-order valence-electron chi connectivity index (χ2n) is 8.66. The maximum absolute atomic E-state index is 6.50. The van der Waals surface area contributed by atoms with Gasteiger partial charge in [0.15, 0.2) is 0 Å². The number of dihydropyridines is 1. The number of nitrogens with zero attached hydrogens (tertiary/aromatic N) is 1. The number of furan rings is 1. The maximum Gasteiger partial charge on any atom is 0.144 e. The Kier molecular flexibility index (Phi) is 4.21. The minimum atomic E-state index is -0.0105. The van der Waals surface area contributed by atoms with Crippen LogP contribution in [0.1, 0.15) is 11.7 Å². The molecule has 7 rings (SSSR count). The standard InChI is InChI=1S/C31H22N2O/c1-3-10-21(11-4-1)25-15-9-17-29(32-25)33-26-16-8-7-14-24(26)30-27(33)19-18-23-20-28(34-31(23)30)22-12-5-2-6-13-22/h1-20,29,32H. The van der Waals surface area contributed by atoms with Crippen LogP contribution in [0.25, 0.3) is 49.8 Å². The van der Waals surface area contributed by atoms with Gasteiger partial charge in [-0.2, -0.15) is 0 Å². The van der Waals surface area contributed by atoms with Gasteiger partial charge in [0.05, 0.1) is 16.4 Å². The molecule has 0 bridgehead atoms. The van der Waals surface area contributed by atoms with Gasteiger partial charge >= 0.3 is 0 Å². The first-order chi connectivity index (χ1) is 16.9. The van der Waals surface area contributed by atoms with E-state index < -0.39 is 0 Å². The molecule has 0 aliphatic carbocycles. The van der Waals surface area contributed by atoms with Gasteiger partial charge in [-0.25, -0.2) is 0 Å². The summed E-state index contributed by atoms with van der Waals surface area (Å²) in [5.74, 6) is 0.893. The fourth-order valence-corrected chi connectivity index (χ4v) is 5.08. The maximum atomic E-state index is 6.50. The van der Waals surface area contributed by atoms with E-state index in [2.05, 4.69) is 107 Å². The zero-order valence-corrected chi connectivity index (χ0v) is 18.5. The van der Waals surface area contributed by atoms with Gasteiger partial charge in [0, 0.05) is 22.0 Å². The third-order valence-corrected chi connectivity index (χ3v) is 6.64. The summed E-state index contributed by atoms with van der Waals surface area (Å²) in [6.07, 6.45) is 6.48. The van der Waals surface area contributed by atoms with E-state index in [1.54, 1.807) is 0 Å². The highest BCUT2D eigenvalue weighted by Gasteiger charge is 2.22. The first-order valence-electron chi connectivity index (χ1n) is 11.6. The molecule has 3 nitrogen and oxygen atoms in total. The predicted octanol–water partition coefficient (Wildman–Crippen LogP) is 7.91. The van der Waals surface area contributed by atoms with Crippen LogP contribution in [0, 0.1) is 0 Å². The number of benzene rings is 4. The van der Waals surface area contributed by atoms with E-state index in [1.165, 1.54) is 16.5 Å². The molecule has 0 amide bonds. The second kappa shape index (κ2) is 7.53. The molecule has 6 aromatic rings. The zero-order chi connectivity index (χ0) is 22.5. The van der Waals surface area contributed by atoms with Crippen molar-refractivity contribution in [2.45, 2.75) is 6.17 Å². The summed E-state index contributed by atoms with van der Waals surface area (Å²) in [5, 5.41) is 7.21. The third-order valence-electron chi connectivity index (χ3n) is 6.64. The fourth-order valence-electron chi connectivity index (χ4n) is 5.08. The van der Waals surface area contributed by atoms with E-state index in [9.17, 15) is 0 Å². The monoisotopic (exact) mass is 438 g/mol. The molecule has 0 fully saturated rings. The Bertz CT molecular complexity index is 1720. The molecule has 0 radical (unpaired) electrons. The highest BCUT2D eigenvalue weighted by Crippen LogP contribution is 2.40. The van der Waals surface area contributed by atoms with E-state index in [0.29, 0.717) is 0 Å². The Balaban J connectivity index is 1.43. The van der Waals surface area contributed by atoms with E-state index >= 15 is 0 Å². The molecule has 3 heterocycles. The minimum absolute atomic E-state index is 0.0105. The molecule has 0 saturated carbocycles. The van der Waals surface area contributed by atoms with Crippen LogP contribution in [0.5, 0.6) is 0 Å². The molecule has 0 spiro atoms. The number of fused-ring (bicyclic) bond motifs is 5. The highest BCUT2D eigenvalue weighted by molar-refractivity contribution is 6.19.